The van der Waals surface area contributed by atoms with Crippen LogP contribution in [0.25, 0.3) is 22.1 Å². The fourth-order valence-electron chi connectivity index (χ4n) is 2.37. The van der Waals surface area contributed by atoms with Gasteiger partial charge in [0.05, 0.1) is 6.21 Å². The molecule has 118 valence electrons. The van der Waals surface area contributed by atoms with E-state index in [0.29, 0.717) is 16.7 Å². The molecule has 0 aliphatic rings. The average Bonchev–Trinajstić information content (AvgIpc) is 2.96. The van der Waals surface area contributed by atoms with E-state index in [2.05, 4.69) is 30.7 Å². The second-order valence-electron chi connectivity index (χ2n) is 5.12. The number of aromatic hydroxyl groups is 2. The molecule has 0 saturated carbocycles. The lowest BCUT2D eigenvalue weighted by Crippen LogP contribution is -1.99. The van der Waals surface area contributed by atoms with Gasteiger partial charge in [-0.25, -0.2) is 5.43 Å². The highest BCUT2D eigenvalue weighted by Crippen LogP contribution is 2.22. The number of phenolic OH excluding ortho intramolecular Hbond substituents is 2. The summed E-state index contributed by atoms with van der Waals surface area (Å²) in [5.41, 5.74) is 5.23. The van der Waals surface area contributed by atoms with E-state index in [9.17, 15) is 10.2 Å². The standard InChI is InChI=1S/C16H12N6O2/c23-10-5-6-13(24)9(7-10)8-17-21-16-19-15-14(20-22-16)11-3-1-2-4-12(11)18-15/h1-8,23-24H,(H2,18,19,21,22). The van der Waals surface area contributed by atoms with Crippen LogP contribution in [0.5, 0.6) is 11.5 Å². The van der Waals surface area contributed by atoms with Crippen LogP contribution in [0.15, 0.2) is 47.6 Å². The molecule has 24 heavy (non-hydrogen) atoms. The summed E-state index contributed by atoms with van der Waals surface area (Å²) in [5.74, 6) is 0.250. The van der Waals surface area contributed by atoms with Crippen molar-refractivity contribution in [3.05, 3.63) is 48.0 Å². The summed E-state index contributed by atoms with van der Waals surface area (Å²) in [6.07, 6.45) is 1.35. The molecule has 8 nitrogen and oxygen atoms in total. The summed E-state index contributed by atoms with van der Waals surface area (Å²) in [4.78, 5) is 7.48. The van der Waals surface area contributed by atoms with Crippen LogP contribution in [-0.4, -0.2) is 36.6 Å². The van der Waals surface area contributed by atoms with Gasteiger partial charge in [0.2, 0.25) is 0 Å². The van der Waals surface area contributed by atoms with Crippen molar-refractivity contribution >= 4 is 34.2 Å². The van der Waals surface area contributed by atoms with Crippen molar-refractivity contribution in [2.24, 2.45) is 5.10 Å². The first-order valence-electron chi connectivity index (χ1n) is 7.13. The maximum atomic E-state index is 9.68. The fraction of sp³-hybridized carbons (Fsp3) is 0. The molecule has 2 aromatic carbocycles. The number of H-pyrrole nitrogens is 1. The lowest BCUT2D eigenvalue weighted by molar-refractivity contribution is 0.459. The van der Waals surface area contributed by atoms with Gasteiger partial charge in [0.25, 0.3) is 5.95 Å². The topological polar surface area (TPSA) is 119 Å². The molecule has 2 heterocycles. The number of nitrogens with zero attached hydrogens (tertiary/aromatic N) is 4. The minimum atomic E-state index is 0.00321. The molecule has 2 aromatic heterocycles. The molecular weight excluding hydrogens is 308 g/mol. The molecule has 0 spiro atoms. The van der Waals surface area contributed by atoms with E-state index in [0.717, 1.165) is 10.9 Å². The minimum Gasteiger partial charge on any atom is -0.508 e. The number of anilines is 1. The molecule has 0 atom stereocenters. The predicted octanol–water partition coefficient (Wildman–Crippen LogP) is 2.36. The molecular formula is C16H12N6O2. The van der Waals surface area contributed by atoms with Crippen LogP contribution in [0.1, 0.15) is 5.56 Å². The van der Waals surface area contributed by atoms with Gasteiger partial charge in [0.15, 0.2) is 5.65 Å². The van der Waals surface area contributed by atoms with Gasteiger partial charge in [0, 0.05) is 16.5 Å². The summed E-state index contributed by atoms with van der Waals surface area (Å²) in [6, 6.07) is 11.9. The molecule has 8 heteroatoms. The Hall–Kier alpha value is -3.68. The molecule has 4 N–H and O–H groups in total. The first-order valence-corrected chi connectivity index (χ1v) is 7.13. The maximum absolute atomic E-state index is 9.68. The SMILES string of the molecule is Oc1ccc(O)c(C=NNc2nnc3c(n2)[nH]c2ccccc23)c1. The van der Waals surface area contributed by atoms with Crippen LogP contribution in [0.3, 0.4) is 0 Å². The number of fused-ring (bicyclic) bond motifs is 3. The Bertz CT molecular complexity index is 1070. The van der Waals surface area contributed by atoms with Gasteiger partial charge < -0.3 is 15.2 Å². The Balaban J connectivity index is 1.61. The number of aromatic amines is 1. The Morgan fingerprint density at radius 1 is 1.08 bits per heavy atom. The van der Waals surface area contributed by atoms with E-state index < -0.39 is 0 Å². The molecule has 0 radical (unpaired) electrons. The number of hydrogen-bond donors (Lipinski definition) is 4. The summed E-state index contributed by atoms with van der Waals surface area (Å²) in [6.45, 7) is 0. The number of aromatic nitrogens is 4. The van der Waals surface area contributed by atoms with Crippen molar-refractivity contribution in [1.82, 2.24) is 20.2 Å². The highest BCUT2D eigenvalue weighted by Gasteiger charge is 2.08. The van der Waals surface area contributed by atoms with E-state index in [4.69, 9.17) is 0 Å². The maximum Gasteiger partial charge on any atom is 0.265 e. The first kappa shape index (κ1) is 13.9. The molecule has 0 unspecified atom stereocenters. The van der Waals surface area contributed by atoms with Gasteiger partial charge in [-0.15, -0.1) is 10.2 Å². The molecule has 4 rings (SSSR count). The number of hydrogen-bond acceptors (Lipinski definition) is 7. The molecule has 0 amide bonds. The van der Waals surface area contributed by atoms with Gasteiger partial charge in [-0.3, -0.25) is 0 Å². The Morgan fingerprint density at radius 3 is 2.88 bits per heavy atom. The third-order valence-corrected chi connectivity index (χ3v) is 3.50. The van der Waals surface area contributed by atoms with E-state index in [1.165, 1.54) is 24.4 Å². The first-order chi connectivity index (χ1) is 11.7. The number of phenols is 2. The molecule has 4 aromatic rings. The van der Waals surface area contributed by atoms with Gasteiger partial charge in [0.1, 0.15) is 17.0 Å². The average molecular weight is 320 g/mol. The molecule has 0 aliphatic carbocycles. The highest BCUT2D eigenvalue weighted by molar-refractivity contribution is 6.03. The summed E-state index contributed by atoms with van der Waals surface area (Å²) < 4.78 is 0. The van der Waals surface area contributed by atoms with Gasteiger partial charge in [-0.2, -0.15) is 10.1 Å². The molecule has 0 saturated heterocycles. The van der Waals surface area contributed by atoms with E-state index in [1.54, 1.807) is 0 Å². The van der Waals surface area contributed by atoms with Crippen molar-refractivity contribution in [2.45, 2.75) is 0 Å². The van der Waals surface area contributed by atoms with Crippen molar-refractivity contribution in [1.29, 1.82) is 0 Å². The zero-order chi connectivity index (χ0) is 16.5. The fourth-order valence-corrected chi connectivity index (χ4v) is 2.37. The summed E-state index contributed by atoms with van der Waals surface area (Å²) in [7, 11) is 0. The largest absolute Gasteiger partial charge is 0.508 e. The van der Waals surface area contributed by atoms with Crippen molar-refractivity contribution in [2.75, 3.05) is 5.43 Å². The second kappa shape index (κ2) is 5.51. The molecule has 0 aliphatic heterocycles. The lowest BCUT2D eigenvalue weighted by atomic mass is 10.2. The van der Waals surface area contributed by atoms with E-state index in [-0.39, 0.29) is 17.4 Å². The molecule has 0 fully saturated rings. The Morgan fingerprint density at radius 2 is 1.96 bits per heavy atom. The van der Waals surface area contributed by atoms with E-state index >= 15 is 0 Å². The Kier molecular flexibility index (Phi) is 3.20. The van der Waals surface area contributed by atoms with Gasteiger partial charge >= 0.3 is 0 Å². The van der Waals surface area contributed by atoms with Gasteiger partial charge in [-0.05, 0) is 24.3 Å². The van der Waals surface area contributed by atoms with Gasteiger partial charge in [-0.1, -0.05) is 18.2 Å². The van der Waals surface area contributed by atoms with Crippen LogP contribution < -0.4 is 5.43 Å². The predicted molar refractivity (Wildman–Crippen MR) is 90.2 cm³/mol. The lowest BCUT2D eigenvalue weighted by Gasteiger charge is -2.00. The normalized spacial score (nSPS) is 11.5. The third-order valence-electron chi connectivity index (χ3n) is 3.50. The number of rotatable bonds is 3. The zero-order valence-electron chi connectivity index (χ0n) is 12.3. The van der Waals surface area contributed by atoms with E-state index in [1.807, 2.05) is 24.3 Å². The van der Waals surface area contributed by atoms with Crippen molar-refractivity contribution < 1.29 is 10.2 Å². The Labute approximate surface area is 135 Å². The monoisotopic (exact) mass is 320 g/mol. The smallest absolute Gasteiger partial charge is 0.265 e. The second-order valence-corrected chi connectivity index (χ2v) is 5.12. The van der Waals surface area contributed by atoms with Crippen LogP contribution >= 0.6 is 0 Å². The minimum absolute atomic E-state index is 0.00321. The summed E-state index contributed by atoms with van der Waals surface area (Å²) in [5, 5.41) is 32.1. The van der Waals surface area contributed by atoms with Crippen molar-refractivity contribution in [3.8, 4) is 11.5 Å². The van der Waals surface area contributed by atoms with Crippen LogP contribution in [0, 0.1) is 0 Å². The number of nitrogens with one attached hydrogen (secondary N) is 2. The number of hydrazone groups is 1. The number of benzene rings is 2. The van der Waals surface area contributed by atoms with Crippen molar-refractivity contribution in [3.63, 3.8) is 0 Å². The van der Waals surface area contributed by atoms with Crippen LogP contribution in [0.2, 0.25) is 0 Å². The zero-order valence-corrected chi connectivity index (χ0v) is 12.3. The third kappa shape index (κ3) is 2.45. The van der Waals surface area contributed by atoms with Crippen LogP contribution in [-0.2, 0) is 0 Å². The number of para-hydroxylation sites is 1. The summed E-state index contributed by atoms with van der Waals surface area (Å²) >= 11 is 0. The van der Waals surface area contributed by atoms with Crippen LogP contribution in [0.4, 0.5) is 5.95 Å². The molecule has 0 bridgehead atoms. The quantitative estimate of drug-likeness (QED) is 0.261. The highest BCUT2D eigenvalue weighted by atomic mass is 16.3.